The zero-order chi connectivity index (χ0) is 30.6. The lowest BCUT2D eigenvalue weighted by molar-refractivity contribution is -0.145. The molecule has 0 aromatic rings. The number of ether oxygens (including phenoxy) is 2. The fourth-order valence-electron chi connectivity index (χ4n) is 5.49. The van der Waals surface area contributed by atoms with Gasteiger partial charge >= 0.3 is 11.9 Å². The zero-order valence-corrected chi connectivity index (χ0v) is 28.6. The Morgan fingerprint density at radius 3 is 1.22 bits per heavy atom. The van der Waals surface area contributed by atoms with Crippen LogP contribution in [-0.4, -0.2) is 25.2 Å². The van der Waals surface area contributed by atoms with Crippen molar-refractivity contribution < 1.29 is 19.1 Å². The van der Waals surface area contributed by atoms with Crippen molar-refractivity contribution in [1.82, 2.24) is 0 Å². The predicted octanol–water partition coefficient (Wildman–Crippen LogP) is 11.6. The van der Waals surface area contributed by atoms with Crippen LogP contribution in [0, 0.1) is 23.7 Å². The molecule has 244 valence electrons. The number of rotatable bonds is 30. The summed E-state index contributed by atoms with van der Waals surface area (Å²) in [6.45, 7) is 14.6. The minimum Gasteiger partial charge on any atom is -0.466 e. The molecule has 1 atom stereocenters. The SMILES string of the molecule is CC(C)CCCCOC(=O)CCCCCCCCCCCCCCCCC(CC(=O)OCCCCC(C)C)C(C)C. The van der Waals surface area contributed by atoms with E-state index in [0.29, 0.717) is 37.9 Å². The minimum absolute atomic E-state index is 0.00512. The van der Waals surface area contributed by atoms with Gasteiger partial charge in [0.25, 0.3) is 0 Å². The third kappa shape index (κ3) is 30.2. The molecule has 0 aromatic carbocycles. The summed E-state index contributed by atoms with van der Waals surface area (Å²) in [6, 6.07) is 0. The van der Waals surface area contributed by atoms with Crippen LogP contribution in [0.5, 0.6) is 0 Å². The van der Waals surface area contributed by atoms with E-state index in [1.54, 1.807) is 0 Å². The lowest BCUT2D eigenvalue weighted by Crippen LogP contribution is -2.17. The summed E-state index contributed by atoms with van der Waals surface area (Å²) in [5, 5.41) is 0. The lowest BCUT2D eigenvalue weighted by Gasteiger charge is -2.20. The van der Waals surface area contributed by atoms with E-state index < -0.39 is 0 Å². The molecule has 0 fully saturated rings. The van der Waals surface area contributed by atoms with Gasteiger partial charge in [-0.3, -0.25) is 9.59 Å². The van der Waals surface area contributed by atoms with Crippen LogP contribution in [-0.2, 0) is 19.1 Å². The Labute approximate surface area is 256 Å². The van der Waals surface area contributed by atoms with Gasteiger partial charge in [0.05, 0.1) is 13.2 Å². The van der Waals surface area contributed by atoms with Gasteiger partial charge in [0, 0.05) is 12.8 Å². The quantitative estimate of drug-likeness (QED) is 0.0626. The first-order valence-electron chi connectivity index (χ1n) is 18.0. The van der Waals surface area contributed by atoms with Crippen molar-refractivity contribution in [3.63, 3.8) is 0 Å². The molecule has 4 heteroatoms. The van der Waals surface area contributed by atoms with Gasteiger partial charge in [-0.1, -0.05) is 138 Å². The van der Waals surface area contributed by atoms with Crippen molar-refractivity contribution in [1.29, 1.82) is 0 Å². The Hall–Kier alpha value is -1.06. The Morgan fingerprint density at radius 2 is 0.805 bits per heavy atom. The average Bonchev–Trinajstić information content (AvgIpc) is 2.91. The molecule has 0 amide bonds. The van der Waals surface area contributed by atoms with Crippen LogP contribution in [0.25, 0.3) is 0 Å². The van der Waals surface area contributed by atoms with E-state index in [1.165, 1.54) is 89.9 Å². The molecule has 0 saturated heterocycles. The molecule has 41 heavy (non-hydrogen) atoms. The van der Waals surface area contributed by atoms with Crippen molar-refractivity contribution in [2.75, 3.05) is 13.2 Å². The lowest BCUT2D eigenvalue weighted by atomic mass is 9.87. The second kappa shape index (κ2) is 29.0. The van der Waals surface area contributed by atoms with E-state index in [9.17, 15) is 9.59 Å². The first kappa shape index (κ1) is 39.9. The molecule has 4 nitrogen and oxygen atoms in total. The number of carbonyl (C=O) groups is 2. The Balaban J connectivity index is 3.47. The molecule has 0 aliphatic rings. The van der Waals surface area contributed by atoms with Crippen LogP contribution in [0.2, 0.25) is 0 Å². The monoisotopic (exact) mass is 581 g/mol. The van der Waals surface area contributed by atoms with E-state index in [0.717, 1.165) is 56.8 Å². The molecule has 0 aliphatic heterocycles. The number of hydrogen-bond donors (Lipinski definition) is 0. The van der Waals surface area contributed by atoms with Crippen molar-refractivity contribution in [3.05, 3.63) is 0 Å². The fraction of sp³-hybridized carbons (Fsp3) is 0.946. The second-order valence-electron chi connectivity index (χ2n) is 13.9. The van der Waals surface area contributed by atoms with Gasteiger partial charge in [0.2, 0.25) is 0 Å². The van der Waals surface area contributed by atoms with Crippen molar-refractivity contribution >= 4 is 11.9 Å². The molecular formula is C37H72O4. The highest BCUT2D eigenvalue weighted by molar-refractivity contribution is 5.69. The molecule has 0 bridgehead atoms. The topological polar surface area (TPSA) is 52.6 Å². The van der Waals surface area contributed by atoms with E-state index >= 15 is 0 Å². The zero-order valence-electron chi connectivity index (χ0n) is 28.6. The number of esters is 2. The molecule has 0 spiro atoms. The summed E-state index contributed by atoms with van der Waals surface area (Å²) in [7, 11) is 0. The first-order valence-corrected chi connectivity index (χ1v) is 18.0. The summed E-state index contributed by atoms with van der Waals surface area (Å²) in [4.78, 5) is 24.0. The van der Waals surface area contributed by atoms with Gasteiger partial charge in [0.15, 0.2) is 0 Å². The molecule has 0 radical (unpaired) electrons. The number of hydrogen-bond acceptors (Lipinski definition) is 4. The van der Waals surface area contributed by atoms with E-state index in [2.05, 4.69) is 41.5 Å². The van der Waals surface area contributed by atoms with Crippen LogP contribution >= 0.6 is 0 Å². The third-order valence-electron chi connectivity index (χ3n) is 8.46. The van der Waals surface area contributed by atoms with Crippen molar-refractivity contribution in [3.8, 4) is 0 Å². The van der Waals surface area contributed by atoms with Gasteiger partial charge in [-0.25, -0.2) is 0 Å². The van der Waals surface area contributed by atoms with Crippen LogP contribution in [0.15, 0.2) is 0 Å². The van der Waals surface area contributed by atoms with E-state index in [-0.39, 0.29) is 11.9 Å². The van der Waals surface area contributed by atoms with Gasteiger partial charge in [-0.2, -0.15) is 0 Å². The van der Waals surface area contributed by atoms with Crippen LogP contribution in [0.4, 0.5) is 0 Å². The Kier molecular flexibility index (Phi) is 28.3. The van der Waals surface area contributed by atoms with Gasteiger partial charge in [-0.15, -0.1) is 0 Å². The summed E-state index contributed by atoms with van der Waals surface area (Å²) in [6.07, 6.45) is 27.2. The molecule has 0 aliphatic carbocycles. The molecule has 1 unspecified atom stereocenters. The largest absolute Gasteiger partial charge is 0.466 e. The van der Waals surface area contributed by atoms with E-state index in [4.69, 9.17) is 9.47 Å². The van der Waals surface area contributed by atoms with Crippen LogP contribution < -0.4 is 0 Å². The molecule has 0 aromatic heterocycles. The fourth-order valence-corrected chi connectivity index (χ4v) is 5.49. The summed E-state index contributed by atoms with van der Waals surface area (Å²) in [5.74, 6) is 2.47. The number of carbonyl (C=O) groups excluding carboxylic acids is 2. The highest BCUT2D eigenvalue weighted by atomic mass is 16.5. The summed E-state index contributed by atoms with van der Waals surface area (Å²) < 4.78 is 10.8. The highest BCUT2D eigenvalue weighted by Crippen LogP contribution is 2.24. The van der Waals surface area contributed by atoms with Gasteiger partial charge < -0.3 is 9.47 Å². The minimum atomic E-state index is -0.00512. The number of unbranched alkanes of at least 4 members (excludes halogenated alkanes) is 15. The maximum absolute atomic E-state index is 12.3. The predicted molar refractivity (Wildman–Crippen MR) is 176 cm³/mol. The average molecular weight is 581 g/mol. The molecule has 0 rings (SSSR count). The van der Waals surface area contributed by atoms with Gasteiger partial charge in [-0.05, 0) is 62.2 Å². The van der Waals surface area contributed by atoms with Crippen LogP contribution in [0.3, 0.4) is 0 Å². The Morgan fingerprint density at radius 1 is 0.439 bits per heavy atom. The molecule has 0 saturated carbocycles. The Bertz CT molecular complexity index is 583. The van der Waals surface area contributed by atoms with E-state index in [1.807, 2.05) is 0 Å². The summed E-state index contributed by atoms with van der Waals surface area (Å²) >= 11 is 0. The van der Waals surface area contributed by atoms with Crippen molar-refractivity contribution in [2.24, 2.45) is 23.7 Å². The standard InChI is InChI=1S/C37H72O4/c1-32(2)25-21-23-29-40-36(38)28-20-18-16-14-12-10-8-7-9-11-13-15-17-19-27-35(34(5)6)31-37(39)41-30-24-22-26-33(3)4/h32-35H,7-31H2,1-6H3. The summed E-state index contributed by atoms with van der Waals surface area (Å²) in [5.41, 5.74) is 0. The second-order valence-corrected chi connectivity index (χ2v) is 13.9. The third-order valence-corrected chi connectivity index (χ3v) is 8.46. The maximum Gasteiger partial charge on any atom is 0.306 e. The normalized spacial score (nSPS) is 12.4. The molecular weight excluding hydrogens is 508 g/mol. The van der Waals surface area contributed by atoms with Crippen LogP contribution in [0.1, 0.15) is 189 Å². The molecule has 0 N–H and O–H groups in total. The first-order chi connectivity index (χ1) is 19.7. The molecule has 0 heterocycles. The smallest absolute Gasteiger partial charge is 0.306 e. The highest BCUT2D eigenvalue weighted by Gasteiger charge is 2.18. The van der Waals surface area contributed by atoms with Gasteiger partial charge in [0.1, 0.15) is 0 Å². The van der Waals surface area contributed by atoms with Crippen molar-refractivity contribution in [2.45, 2.75) is 189 Å². The maximum atomic E-state index is 12.3.